The van der Waals surface area contributed by atoms with Crippen LogP contribution in [0, 0.1) is 0 Å². The first-order chi connectivity index (χ1) is 8.13. The fourth-order valence-corrected chi connectivity index (χ4v) is 2.17. The van der Waals surface area contributed by atoms with Crippen molar-refractivity contribution >= 4 is 28.9 Å². The Morgan fingerprint density at radius 2 is 1.88 bits per heavy atom. The topological polar surface area (TPSA) is 59.1 Å². The van der Waals surface area contributed by atoms with Crippen LogP contribution in [0.15, 0.2) is 30.5 Å². The highest BCUT2D eigenvalue weighted by atomic mass is 35.5. The quantitative estimate of drug-likeness (QED) is 0.880. The number of aliphatic hydroxyl groups is 1. The van der Waals surface area contributed by atoms with Crippen molar-refractivity contribution in [2.75, 3.05) is 5.73 Å². The molecule has 0 aliphatic carbocycles. The molecular formula is C12H10Cl2N2O. The number of benzene rings is 1. The van der Waals surface area contributed by atoms with Crippen molar-refractivity contribution in [3.63, 3.8) is 0 Å². The number of aromatic nitrogens is 1. The molecule has 88 valence electrons. The van der Waals surface area contributed by atoms with Gasteiger partial charge in [-0.1, -0.05) is 29.3 Å². The van der Waals surface area contributed by atoms with Crippen molar-refractivity contribution in [1.29, 1.82) is 0 Å². The molecule has 0 bridgehead atoms. The van der Waals surface area contributed by atoms with E-state index >= 15 is 0 Å². The first kappa shape index (κ1) is 12.2. The molecule has 1 aromatic carbocycles. The van der Waals surface area contributed by atoms with Gasteiger partial charge < -0.3 is 10.8 Å². The molecule has 3 N–H and O–H groups in total. The number of pyridine rings is 1. The fraction of sp³-hybridized carbons (Fsp3) is 0.0833. The van der Waals surface area contributed by atoms with Crippen LogP contribution < -0.4 is 5.73 Å². The van der Waals surface area contributed by atoms with E-state index in [1.807, 2.05) is 0 Å². The van der Waals surface area contributed by atoms with Gasteiger partial charge >= 0.3 is 0 Å². The predicted molar refractivity (Wildman–Crippen MR) is 70.0 cm³/mol. The Balaban J connectivity index is 2.68. The van der Waals surface area contributed by atoms with E-state index in [1.165, 1.54) is 6.20 Å². The lowest BCUT2D eigenvalue weighted by atomic mass is 10.1. The zero-order valence-electron chi connectivity index (χ0n) is 8.82. The van der Waals surface area contributed by atoms with Gasteiger partial charge in [0.2, 0.25) is 0 Å². The van der Waals surface area contributed by atoms with E-state index in [0.717, 1.165) is 0 Å². The first-order valence-electron chi connectivity index (χ1n) is 4.93. The number of nitrogens with zero attached hydrogens (tertiary/aromatic N) is 1. The van der Waals surface area contributed by atoms with Gasteiger partial charge in [0.15, 0.2) is 0 Å². The highest BCUT2D eigenvalue weighted by Crippen LogP contribution is 2.35. The number of nitrogen functional groups attached to an aromatic ring is 1. The molecule has 0 amide bonds. The van der Waals surface area contributed by atoms with Crippen LogP contribution in [-0.2, 0) is 6.61 Å². The molecule has 0 aliphatic heterocycles. The second-order valence-corrected chi connectivity index (χ2v) is 4.35. The largest absolute Gasteiger partial charge is 0.397 e. The van der Waals surface area contributed by atoms with E-state index in [4.69, 9.17) is 28.9 Å². The van der Waals surface area contributed by atoms with Crippen molar-refractivity contribution in [2.45, 2.75) is 6.61 Å². The lowest BCUT2D eigenvalue weighted by Gasteiger charge is -2.10. The normalized spacial score (nSPS) is 10.5. The lowest BCUT2D eigenvalue weighted by Crippen LogP contribution is -1.97. The lowest BCUT2D eigenvalue weighted by molar-refractivity contribution is 0.282. The van der Waals surface area contributed by atoms with Crippen molar-refractivity contribution < 1.29 is 5.11 Å². The summed E-state index contributed by atoms with van der Waals surface area (Å²) in [5.74, 6) is 0. The number of aliphatic hydroxyl groups excluding tert-OH is 1. The zero-order chi connectivity index (χ0) is 12.4. The van der Waals surface area contributed by atoms with E-state index in [0.29, 0.717) is 32.6 Å². The zero-order valence-corrected chi connectivity index (χ0v) is 10.3. The number of hydrogen-bond acceptors (Lipinski definition) is 3. The summed E-state index contributed by atoms with van der Waals surface area (Å²) in [5, 5.41) is 10.3. The molecule has 0 atom stereocenters. The van der Waals surface area contributed by atoms with E-state index in [-0.39, 0.29) is 6.61 Å². The SMILES string of the molecule is Nc1cnc(-c2c(Cl)cccc2Cl)c(CO)c1. The highest BCUT2D eigenvalue weighted by molar-refractivity contribution is 6.39. The van der Waals surface area contributed by atoms with Crippen LogP contribution >= 0.6 is 23.2 Å². The molecule has 1 heterocycles. The Hall–Kier alpha value is -1.29. The van der Waals surface area contributed by atoms with Gasteiger partial charge in [0.05, 0.1) is 34.2 Å². The second-order valence-electron chi connectivity index (χ2n) is 3.53. The predicted octanol–water partition coefficient (Wildman–Crippen LogP) is 3.13. The molecule has 0 aliphatic rings. The summed E-state index contributed by atoms with van der Waals surface area (Å²) in [6.45, 7) is -0.172. The summed E-state index contributed by atoms with van der Waals surface area (Å²) < 4.78 is 0. The first-order valence-corrected chi connectivity index (χ1v) is 5.68. The van der Waals surface area contributed by atoms with Crippen molar-refractivity contribution in [3.8, 4) is 11.3 Å². The number of anilines is 1. The van der Waals surface area contributed by atoms with Gasteiger partial charge in [-0.3, -0.25) is 4.98 Å². The Labute approximate surface area is 109 Å². The minimum absolute atomic E-state index is 0.172. The van der Waals surface area contributed by atoms with Crippen LogP contribution in [-0.4, -0.2) is 10.1 Å². The van der Waals surface area contributed by atoms with E-state index in [1.54, 1.807) is 24.3 Å². The minimum Gasteiger partial charge on any atom is -0.397 e. The van der Waals surface area contributed by atoms with E-state index in [9.17, 15) is 5.11 Å². The van der Waals surface area contributed by atoms with Crippen LogP contribution in [0.4, 0.5) is 5.69 Å². The summed E-state index contributed by atoms with van der Waals surface area (Å²) in [4.78, 5) is 4.19. The Morgan fingerprint density at radius 3 is 2.47 bits per heavy atom. The summed E-state index contributed by atoms with van der Waals surface area (Å²) >= 11 is 12.2. The monoisotopic (exact) mass is 268 g/mol. The van der Waals surface area contributed by atoms with Crippen molar-refractivity contribution in [3.05, 3.63) is 46.1 Å². The fourth-order valence-electron chi connectivity index (χ4n) is 1.60. The maximum absolute atomic E-state index is 9.30. The van der Waals surface area contributed by atoms with Gasteiger partial charge in [-0.15, -0.1) is 0 Å². The number of rotatable bonds is 2. The van der Waals surface area contributed by atoms with Gasteiger partial charge in [-0.05, 0) is 18.2 Å². The van der Waals surface area contributed by atoms with Gasteiger partial charge in [0.25, 0.3) is 0 Å². The molecule has 0 fully saturated rings. The van der Waals surface area contributed by atoms with Crippen LogP contribution in [0.2, 0.25) is 10.0 Å². The molecule has 5 heteroatoms. The molecule has 3 nitrogen and oxygen atoms in total. The van der Waals surface area contributed by atoms with Crippen LogP contribution in [0.1, 0.15) is 5.56 Å². The molecular weight excluding hydrogens is 259 g/mol. The second kappa shape index (κ2) is 4.92. The molecule has 0 unspecified atom stereocenters. The number of hydrogen-bond donors (Lipinski definition) is 2. The Morgan fingerprint density at radius 1 is 1.24 bits per heavy atom. The van der Waals surface area contributed by atoms with E-state index < -0.39 is 0 Å². The molecule has 0 radical (unpaired) electrons. The third-order valence-corrected chi connectivity index (χ3v) is 2.99. The van der Waals surface area contributed by atoms with Crippen molar-refractivity contribution in [2.24, 2.45) is 0 Å². The summed E-state index contributed by atoms with van der Waals surface area (Å²) in [6, 6.07) is 6.86. The van der Waals surface area contributed by atoms with Gasteiger partial charge in [-0.2, -0.15) is 0 Å². The highest BCUT2D eigenvalue weighted by Gasteiger charge is 2.13. The third-order valence-electron chi connectivity index (χ3n) is 2.36. The molecule has 0 saturated heterocycles. The molecule has 1 aromatic heterocycles. The molecule has 2 rings (SSSR count). The maximum Gasteiger partial charge on any atom is 0.0788 e. The number of nitrogens with two attached hydrogens (primary N) is 1. The van der Waals surface area contributed by atoms with Gasteiger partial charge in [0.1, 0.15) is 0 Å². The molecule has 2 aromatic rings. The minimum atomic E-state index is -0.172. The average Bonchev–Trinajstić information content (AvgIpc) is 2.30. The number of halogens is 2. The third kappa shape index (κ3) is 2.36. The molecule has 0 saturated carbocycles. The van der Waals surface area contributed by atoms with Crippen molar-refractivity contribution in [1.82, 2.24) is 4.98 Å². The summed E-state index contributed by atoms with van der Waals surface area (Å²) in [6.07, 6.45) is 1.51. The van der Waals surface area contributed by atoms with Crippen LogP contribution in [0.3, 0.4) is 0 Å². The Kier molecular flexibility index (Phi) is 3.52. The average molecular weight is 269 g/mol. The summed E-state index contributed by atoms with van der Waals surface area (Å²) in [5.41, 5.74) is 7.87. The summed E-state index contributed by atoms with van der Waals surface area (Å²) in [7, 11) is 0. The van der Waals surface area contributed by atoms with E-state index in [2.05, 4.69) is 4.98 Å². The maximum atomic E-state index is 9.30. The van der Waals surface area contributed by atoms with Gasteiger partial charge in [0, 0.05) is 11.1 Å². The Bertz CT molecular complexity index is 538. The smallest absolute Gasteiger partial charge is 0.0788 e. The van der Waals surface area contributed by atoms with Gasteiger partial charge in [-0.25, -0.2) is 0 Å². The van der Waals surface area contributed by atoms with Crippen LogP contribution in [0.5, 0.6) is 0 Å². The van der Waals surface area contributed by atoms with Crippen LogP contribution in [0.25, 0.3) is 11.3 Å². The molecule has 17 heavy (non-hydrogen) atoms. The molecule has 0 spiro atoms. The standard InChI is InChI=1S/C12H10Cl2N2O/c13-9-2-1-3-10(14)11(9)12-7(6-17)4-8(15)5-16-12/h1-5,17H,6,15H2.